The van der Waals surface area contributed by atoms with Crippen LogP contribution in [-0.4, -0.2) is 15.0 Å². The van der Waals surface area contributed by atoms with Gasteiger partial charge in [-0.05, 0) is 46.2 Å². The maximum Gasteiger partial charge on any atom is 0.164 e. The van der Waals surface area contributed by atoms with E-state index >= 15 is 0 Å². The molecule has 0 atom stereocenters. The Morgan fingerprint density at radius 2 is 0.976 bits per heavy atom. The molecule has 0 spiro atoms. The zero-order valence-corrected chi connectivity index (χ0v) is 22.8. The summed E-state index contributed by atoms with van der Waals surface area (Å²) >= 11 is 1.81. The molecule has 0 aliphatic carbocycles. The largest absolute Gasteiger partial charge is 0.208 e. The van der Waals surface area contributed by atoms with E-state index in [9.17, 15) is 0 Å². The number of rotatable bonds is 4. The number of hydrogen-bond acceptors (Lipinski definition) is 4. The van der Waals surface area contributed by atoms with Gasteiger partial charge in [0.2, 0.25) is 0 Å². The van der Waals surface area contributed by atoms with E-state index in [0.717, 1.165) is 16.7 Å². The summed E-state index contributed by atoms with van der Waals surface area (Å²) in [6, 6.07) is 48.7. The molecule has 0 fully saturated rings. The first-order chi connectivity index (χ1) is 20.3. The van der Waals surface area contributed by atoms with Gasteiger partial charge in [0.15, 0.2) is 17.5 Å². The minimum atomic E-state index is 0.665. The molecule has 4 heteroatoms. The maximum absolute atomic E-state index is 5.03. The van der Waals surface area contributed by atoms with Crippen molar-refractivity contribution in [1.29, 1.82) is 0 Å². The van der Waals surface area contributed by atoms with E-state index in [-0.39, 0.29) is 0 Å². The van der Waals surface area contributed by atoms with Gasteiger partial charge in [0.25, 0.3) is 0 Å². The van der Waals surface area contributed by atoms with Crippen LogP contribution in [0.25, 0.3) is 76.2 Å². The predicted molar refractivity (Wildman–Crippen MR) is 172 cm³/mol. The standard InChI is InChI=1S/C37H23N3S/c1-3-12-25(13-4-1)35-38-36(26-14-5-2-6-15-26)40-37(39-35)29-22-31(28-20-19-24-11-7-8-16-27(24)21-28)34-30-17-9-10-18-32(30)41-33(34)23-29/h1-23H. The SMILES string of the molecule is c1ccc(-c2nc(-c3ccccc3)nc(-c3cc(-c4ccc5ccccc5c4)c4c(c3)sc3ccccc34)n2)cc1. The topological polar surface area (TPSA) is 38.7 Å². The molecule has 0 bridgehead atoms. The van der Waals surface area contributed by atoms with Gasteiger partial charge in [-0.15, -0.1) is 11.3 Å². The molecule has 6 aromatic carbocycles. The van der Waals surface area contributed by atoms with E-state index < -0.39 is 0 Å². The Bertz CT molecular complexity index is 2140. The van der Waals surface area contributed by atoms with E-state index in [2.05, 4.69) is 78.9 Å². The highest BCUT2D eigenvalue weighted by molar-refractivity contribution is 7.26. The monoisotopic (exact) mass is 541 g/mol. The average Bonchev–Trinajstić information content (AvgIpc) is 3.43. The van der Waals surface area contributed by atoms with Crippen molar-refractivity contribution < 1.29 is 0 Å². The number of hydrogen-bond donors (Lipinski definition) is 0. The molecule has 192 valence electrons. The van der Waals surface area contributed by atoms with Crippen LogP contribution in [0, 0.1) is 0 Å². The van der Waals surface area contributed by atoms with Crippen LogP contribution in [0.5, 0.6) is 0 Å². The van der Waals surface area contributed by atoms with Gasteiger partial charge in [-0.25, -0.2) is 15.0 Å². The third kappa shape index (κ3) is 4.26. The quantitative estimate of drug-likeness (QED) is 0.222. The van der Waals surface area contributed by atoms with Crippen LogP contribution in [0.2, 0.25) is 0 Å². The van der Waals surface area contributed by atoms with E-state index in [4.69, 9.17) is 15.0 Å². The molecule has 0 N–H and O–H groups in total. The molecular formula is C37H23N3S. The predicted octanol–water partition coefficient (Wildman–Crippen LogP) is 10.1. The average molecular weight is 542 g/mol. The lowest BCUT2D eigenvalue weighted by atomic mass is 9.95. The van der Waals surface area contributed by atoms with Gasteiger partial charge < -0.3 is 0 Å². The molecule has 8 rings (SSSR count). The summed E-state index contributed by atoms with van der Waals surface area (Å²) in [4.78, 5) is 14.9. The molecule has 0 aliphatic heterocycles. The first kappa shape index (κ1) is 23.7. The van der Waals surface area contributed by atoms with Crippen LogP contribution in [0.4, 0.5) is 0 Å². The number of fused-ring (bicyclic) bond motifs is 4. The molecule has 3 nitrogen and oxygen atoms in total. The second-order valence-corrected chi connectivity index (χ2v) is 11.2. The van der Waals surface area contributed by atoms with Crippen molar-refractivity contribution in [1.82, 2.24) is 15.0 Å². The lowest BCUT2D eigenvalue weighted by molar-refractivity contribution is 1.07. The molecule has 2 heterocycles. The third-order valence-corrected chi connectivity index (χ3v) is 8.61. The fraction of sp³-hybridized carbons (Fsp3) is 0. The molecule has 0 saturated heterocycles. The van der Waals surface area contributed by atoms with E-state index in [1.165, 1.54) is 42.1 Å². The van der Waals surface area contributed by atoms with Crippen LogP contribution in [0.3, 0.4) is 0 Å². The van der Waals surface area contributed by atoms with Gasteiger partial charge in [0.1, 0.15) is 0 Å². The molecule has 0 radical (unpaired) electrons. The van der Waals surface area contributed by atoms with Gasteiger partial charge in [-0.2, -0.15) is 0 Å². The molecule has 0 aliphatic rings. The maximum atomic E-state index is 5.03. The lowest BCUT2D eigenvalue weighted by Gasteiger charge is -2.12. The first-order valence-electron chi connectivity index (χ1n) is 13.6. The fourth-order valence-corrected chi connectivity index (χ4v) is 6.68. The van der Waals surface area contributed by atoms with Crippen molar-refractivity contribution in [2.45, 2.75) is 0 Å². The van der Waals surface area contributed by atoms with Gasteiger partial charge in [-0.1, -0.05) is 115 Å². The highest BCUT2D eigenvalue weighted by Gasteiger charge is 2.17. The van der Waals surface area contributed by atoms with Crippen molar-refractivity contribution in [2.24, 2.45) is 0 Å². The highest BCUT2D eigenvalue weighted by atomic mass is 32.1. The summed E-state index contributed by atoms with van der Waals surface area (Å²) in [5, 5.41) is 5.00. The Morgan fingerprint density at radius 3 is 1.68 bits per heavy atom. The number of benzene rings is 6. The minimum Gasteiger partial charge on any atom is -0.208 e. The Morgan fingerprint density at radius 1 is 0.390 bits per heavy atom. The van der Waals surface area contributed by atoms with Crippen LogP contribution in [0.15, 0.2) is 140 Å². The Balaban J connectivity index is 1.41. The first-order valence-corrected chi connectivity index (χ1v) is 14.4. The second-order valence-electron chi connectivity index (χ2n) is 10.1. The van der Waals surface area contributed by atoms with E-state index in [0.29, 0.717) is 17.5 Å². The summed E-state index contributed by atoms with van der Waals surface area (Å²) < 4.78 is 2.49. The zero-order valence-electron chi connectivity index (χ0n) is 22.0. The van der Waals surface area contributed by atoms with Crippen molar-refractivity contribution in [3.05, 3.63) is 140 Å². The Hall–Kier alpha value is -5.19. The van der Waals surface area contributed by atoms with Crippen LogP contribution >= 0.6 is 11.3 Å². The third-order valence-electron chi connectivity index (χ3n) is 7.50. The molecule has 2 aromatic heterocycles. The summed E-state index contributed by atoms with van der Waals surface area (Å²) in [7, 11) is 0. The summed E-state index contributed by atoms with van der Waals surface area (Å²) in [6.07, 6.45) is 0. The lowest BCUT2D eigenvalue weighted by Crippen LogP contribution is -2.00. The Kier molecular flexibility index (Phi) is 5.64. The summed E-state index contributed by atoms with van der Waals surface area (Å²) in [5.41, 5.74) is 5.27. The molecule has 8 aromatic rings. The summed E-state index contributed by atoms with van der Waals surface area (Å²) in [6.45, 7) is 0. The molecule has 0 amide bonds. The van der Waals surface area contributed by atoms with Gasteiger partial charge in [-0.3, -0.25) is 0 Å². The fourth-order valence-electron chi connectivity index (χ4n) is 5.51. The van der Waals surface area contributed by atoms with Gasteiger partial charge >= 0.3 is 0 Å². The molecule has 41 heavy (non-hydrogen) atoms. The molecule has 0 saturated carbocycles. The second kappa shape index (κ2) is 9.77. The minimum absolute atomic E-state index is 0.665. The smallest absolute Gasteiger partial charge is 0.164 e. The molecule has 0 unspecified atom stereocenters. The van der Waals surface area contributed by atoms with Crippen LogP contribution in [0.1, 0.15) is 0 Å². The number of thiophene rings is 1. The zero-order chi connectivity index (χ0) is 27.2. The van der Waals surface area contributed by atoms with Crippen molar-refractivity contribution in [3.8, 4) is 45.3 Å². The van der Waals surface area contributed by atoms with Gasteiger partial charge in [0.05, 0.1) is 0 Å². The van der Waals surface area contributed by atoms with Crippen molar-refractivity contribution in [3.63, 3.8) is 0 Å². The highest BCUT2D eigenvalue weighted by Crippen LogP contribution is 2.43. The van der Waals surface area contributed by atoms with Gasteiger partial charge in [0, 0.05) is 36.9 Å². The van der Waals surface area contributed by atoms with Crippen LogP contribution in [-0.2, 0) is 0 Å². The van der Waals surface area contributed by atoms with Crippen LogP contribution < -0.4 is 0 Å². The van der Waals surface area contributed by atoms with E-state index in [1.807, 2.05) is 72.0 Å². The normalized spacial score (nSPS) is 11.4. The van der Waals surface area contributed by atoms with E-state index in [1.54, 1.807) is 0 Å². The van der Waals surface area contributed by atoms with Crippen molar-refractivity contribution in [2.75, 3.05) is 0 Å². The number of nitrogens with zero attached hydrogens (tertiary/aromatic N) is 3. The summed E-state index contributed by atoms with van der Waals surface area (Å²) in [5.74, 6) is 2.00. The number of aromatic nitrogens is 3. The molecular weight excluding hydrogens is 518 g/mol. The van der Waals surface area contributed by atoms with Crippen molar-refractivity contribution >= 4 is 42.3 Å². The Labute approximate surface area is 241 Å².